The number of thiazole rings is 1. The lowest BCUT2D eigenvalue weighted by Crippen LogP contribution is -2.15. The molecule has 0 radical (unpaired) electrons. The van der Waals surface area contributed by atoms with E-state index < -0.39 is 17.6 Å². The first-order chi connectivity index (χ1) is 13.2. The molecule has 1 N–H and O–H groups in total. The van der Waals surface area contributed by atoms with Gasteiger partial charge in [0.2, 0.25) is 5.91 Å². The molecular formula is C18H11Cl2F3N2OS2. The van der Waals surface area contributed by atoms with Crippen LogP contribution in [0.3, 0.4) is 0 Å². The minimum Gasteiger partial charge on any atom is -0.324 e. The average Bonchev–Trinajstić information content (AvgIpc) is 3.10. The predicted octanol–water partition coefficient (Wildman–Crippen LogP) is 6.87. The van der Waals surface area contributed by atoms with Crippen LogP contribution in [0.5, 0.6) is 0 Å². The number of hydrogen-bond donors (Lipinski definition) is 1. The molecule has 10 heteroatoms. The molecule has 146 valence electrons. The van der Waals surface area contributed by atoms with E-state index in [1.807, 2.05) is 17.5 Å². The van der Waals surface area contributed by atoms with E-state index in [9.17, 15) is 18.0 Å². The summed E-state index contributed by atoms with van der Waals surface area (Å²) in [7, 11) is 0. The van der Waals surface area contributed by atoms with Crippen LogP contribution in [0.4, 0.5) is 18.9 Å². The van der Waals surface area contributed by atoms with Crippen LogP contribution >= 0.6 is 46.3 Å². The lowest BCUT2D eigenvalue weighted by Gasteiger charge is -2.11. The van der Waals surface area contributed by atoms with Gasteiger partial charge in [0, 0.05) is 16.0 Å². The number of anilines is 1. The summed E-state index contributed by atoms with van der Waals surface area (Å²) in [4.78, 5) is 16.5. The number of halogens is 5. The highest BCUT2D eigenvalue weighted by atomic mass is 35.5. The number of amides is 1. The van der Waals surface area contributed by atoms with Crippen molar-refractivity contribution in [3.63, 3.8) is 0 Å². The summed E-state index contributed by atoms with van der Waals surface area (Å²) in [6.07, 6.45) is -4.52. The van der Waals surface area contributed by atoms with Gasteiger partial charge in [-0.1, -0.05) is 47.1 Å². The van der Waals surface area contributed by atoms with Gasteiger partial charge in [0.15, 0.2) is 4.34 Å². The monoisotopic (exact) mass is 462 g/mol. The molecule has 3 rings (SSSR count). The predicted molar refractivity (Wildman–Crippen MR) is 108 cm³/mol. The zero-order valence-electron chi connectivity index (χ0n) is 13.9. The molecule has 0 fully saturated rings. The van der Waals surface area contributed by atoms with Crippen molar-refractivity contribution in [2.45, 2.75) is 10.5 Å². The Morgan fingerprint density at radius 1 is 1.14 bits per heavy atom. The first-order valence-corrected chi connectivity index (χ1v) is 10.4. The fourth-order valence-electron chi connectivity index (χ4n) is 2.19. The van der Waals surface area contributed by atoms with Crippen molar-refractivity contribution in [1.82, 2.24) is 4.98 Å². The Balaban J connectivity index is 1.61. The molecule has 28 heavy (non-hydrogen) atoms. The van der Waals surface area contributed by atoms with Crippen LogP contribution in [0, 0.1) is 0 Å². The van der Waals surface area contributed by atoms with E-state index in [-0.39, 0.29) is 16.5 Å². The van der Waals surface area contributed by atoms with Crippen LogP contribution in [0.2, 0.25) is 10.0 Å². The van der Waals surface area contributed by atoms with E-state index in [0.29, 0.717) is 9.36 Å². The highest BCUT2D eigenvalue weighted by molar-refractivity contribution is 8.01. The molecule has 0 spiro atoms. The van der Waals surface area contributed by atoms with E-state index in [0.717, 1.165) is 29.5 Å². The third kappa shape index (κ3) is 5.41. The summed E-state index contributed by atoms with van der Waals surface area (Å²) in [5, 5.41) is 4.92. The number of thioether (sulfide) groups is 1. The Bertz CT molecular complexity index is 991. The standard InChI is InChI=1S/C18H11Cl2F3N2OS2/c19-12-4-1-10(2-5-12)15-8-27-17(25-15)28-9-16(26)24-14-7-11(18(21,22)23)3-6-13(14)20/h1-8H,9H2,(H,24,26). The molecule has 0 atom stereocenters. The van der Waals surface area contributed by atoms with Gasteiger partial charge in [0.25, 0.3) is 0 Å². The third-order valence-corrected chi connectivity index (χ3v) is 6.12. The molecule has 0 unspecified atom stereocenters. The molecule has 2 aromatic carbocycles. The summed E-state index contributed by atoms with van der Waals surface area (Å²) in [5.74, 6) is -0.491. The lowest BCUT2D eigenvalue weighted by molar-refractivity contribution is -0.137. The van der Waals surface area contributed by atoms with Gasteiger partial charge in [0.05, 0.1) is 27.7 Å². The molecule has 0 aliphatic rings. The van der Waals surface area contributed by atoms with Crippen molar-refractivity contribution in [1.29, 1.82) is 0 Å². The summed E-state index contributed by atoms with van der Waals surface area (Å²) >= 11 is 14.3. The second kappa shape index (κ2) is 8.73. The Morgan fingerprint density at radius 2 is 1.86 bits per heavy atom. The molecule has 1 aromatic heterocycles. The summed E-state index contributed by atoms with van der Waals surface area (Å²) < 4.78 is 39.1. The van der Waals surface area contributed by atoms with E-state index >= 15 is 0 Å². The normalized spacial score (nSPS) is 11.5. The SMILES string of the molecule is O=C(CSc1nc(-c2ccc(Cl)cc2)cs1)Nc1cc(C(F)(F)F)ccc1Cl. The fraction of sp³-hybridized carbons (Fsp3) is 0.111. The highest BCUT2D eigenvalue weighted by Gasteiger charge is 2.31. The number of carbonyl (C=O) groups excluding carboxylic acids is 1. The van der Waals surface area contributed by atoms with E-state index in [1.165, 1.54) is 23.1 Å². The average molecular weight is 463 g/mol. The van der Waals surface area contributed by atoms with Gasteiger partial charge in [-0.05, 0) is 30.3 Å². The Hall–Kier alpha value is -1.74. The maximum absolute atomic E-state index is 12.8. The molecule has 1 amide bonds. The number of benzene rings is 2. The Kier molecular flexibility index (Phi) is 6.54. The number of nitrogens with one attached hydrogen (secondary N) is 1. The van der Waals surface area contributed by atoms with Crippen molar-refractivity contribution in [2.24, 2.45) is 0 Å². The van der Waals surface area contributed by atoms with Crippen LogP contribution in [0.15, 0.2) is 52.2 Å². The maximum Gasteiger partial charge on any atom is 0.416 e. The molecule has 1 heterocycles. The van der Waals surface area contributed by atoms with E-state index in [2.05, 4.69) is 10.3 Å². The zero-order chi connectivity index (χ0) is 20.3. The number of nitrogens with zero attached hydrogens (tertiary/aromatic N) is 1. The van der Waals surface area contributed by atoms with Crippen LogP contribution in [0.1, 0.15) is 5.56 Å². The zero-order valence-corrected chi connectivity index (χ0v) is 17.0. The van der Waals surface area contributed by atoms with Gasteiger partial charge in [0.1, 0.15) is 0 Å². The quantitative estimate of drug-likeness (QED) is 0.420. The number of carbonyl (C=O) groups is 1. The molecule has 0 aliphatic heterocycles. The molecule has 0 aliphatic carbocycles. The van der Waals surface area contributed by atoms with Crippen LogP contribution in [-0.4, -0.2) is 16.6 Å². The van der Waals surface area contributed by atoms with Gasteiger partial charge < -0.3 is 5.32 Å². The molecule has 0 saturated carbocycles. The maximum atomic E-state index is 12.8. The Labute approximate surface area is 176 Å². The van der Waals surface area contributed by atoms with Crippen LogP contribution < -0.4 is 5.32 Å². The topological polar surface area (TPSA) is 42.0 Å². The summed E-state index contributed by atoms with van der Waals surface area (Å²) in [6.45, 7) is 0. The van der Waals surface area contributed by atoms with Gasteiger partial charge in [-0.3, -0.25) is 4.79 Å². The van der Waals surface area contributed by atoms with Crippen molar-refractivity contribution in [2.75, 3.05) is 11.1 Å². The van der Waals surface area contributed by atoms with E-state index in [1.54, 1.807) is 12.1 Å². The van der Waals surface area contributed by atoms with Crippen molar-refractivity contribution >= 4 is 57.9 Å². The van der Waals surface area contributed by atoms with Gasteiger partial charge >= 0.3 is 6.18 Å². The van der Waals surface area contributed by atoms with Gasteiger partial charge in [-0.25, -0.2) is 4.98 Å². The van der Waals surface area contributed by atoms with E-state index in [4.69, 9.17) is 23.2 Å². The molecule has 0 saturated heterocycles. The minimum absolute atomic E-state index is 0.0137. The third-order valence-electron chi connectivity index (χ3n) is 3.52. The van der Waals surface area contributed by atoms with Crippen LogP contribution in [-0.2, 0) is 11.0 Å². The largest absolute Gasteiger partial charge is 0.416 e. The number of hydrogen-bond acceptors (Lipinski definition) is 4. The fourth-order valence-corrected chi connectivity index (χ4v) is 4.11. The first kappa shape index (κ1) is 21.0. The Morgan fingerprint density at radius 3 is 2.54 bits per heavy atom. The molecule has 3 nitrogen and oxygen atoms in total. The smallest absolute Gasteiger partial charge is 0.324 e. The molecule has 3 aromatic rings. The lowest BCUT2D eigenvalue weighted by atomic mass is 10.2. The van der Waals surface area contributed by atoms with Gasteiger partial charge in [-0.2, -0.15) is 13.2 Å². The molecular weight excluding hydrogens is 452 g/mol. The van der Waals surface area contributed by atoms with Gasteiger partial charge in [-0.15, -0.1) is 11.3 Å². The highest BCUT2D eigenvalue weighted by Crippen LogP contribution is 2.34. The number of alkyl halides is 3. The molecule has 0 bridgehead atoms. The summed E-state index contributed by atoms with van der Waals surface area (Å²) in [6, 6.07) is 9.98. The van der Waals surface area contributed by atoms with Crippen molar-refractivity contribution in [3.8, 4) is 11.3 Å². The van der Waals surface area contributed by atoms with Crippen molar-refractivity contribution in [3.05, 3.63) is 63.5 Å². The minimum atomic E-state index is -4.52. The second-order valence-corrected chi connectivity index (χ2v) is 8.46. The van der Waals surface area contributed by atoms with Crippen LogP contribution in [0.25, 0.3) is 11.3 Å². The van der Waals surface area contributed by atoms with Crippen molar-refractivity contribution < 1.29 is 18.0 Å². The number of rotatable bonds is 5. The number of aromatic nitrogens is 1. The second-order valence-electron chi connectivity index (χ2n) is 5.53. The first-order valence-electron chi connectivity index (χ1n) is 7.73. The summed E-state index contributed by atoms with van der Waals surface area (Å²) in [5.41, 5.74) is 0.689.